The second kappa shape index (κ2) is 8.24. The third kappa shape index (κ3) is 4.12. The van der Waals surface area contributed by atoms with Gasteiger partial charge < -0.3 is 20.3 Å². The minimum absolute atomic E-state index is 0.0245. The lowest BCUT2D eigenvalue weighted by molar-refractivity contribution is -0.137. The highest BCUT2D eigenvalue weighted by Crippen LogP contribution is 2.23. The molecule has 1 atom stereocenters. The van der Waals surface area contributed by atoms with Gasteiger partial charge in [-0.3, -0.25) is 18.7 Å². The molecular formula is C19H28N6O4. The molecule has 0 saturated carbocycles. The summed E-state index contributed by atoms with van der Waals surface area (Å²) in [5, 5.41) is 8.97. The normalized spacial score (nSPS) is 17.0. The fraction of sp³-hybridized carbons (Fsp3) is 0.579. The van der Waals surface area contributed by atoms with E-state index in [-0.39, 0.29) is 19.0 Å². The maximum Gasteiger partial charge on any atom is 0.332 e. The molecule has 0 amide bonds. The van der Waals surface area contributed by atoms with Gasteiger partial charge in [-0.2, -0.15) is 4.98 Å². The molecule has 3 heterocycles. The van der Waals surface area contributed by atoms with Gasteiger partial charge in [0.15, 0.2) is 11.2 Å². The zero-order valence-corrected chi connectivity index (χ0v) is 17.1. The number of rotatable bonds is 6. The SMILES string of the molecule is CC(C)=CCn1c(N2CCC[C@H](N)C2)nc2c1c(=O)n(CCC(=O)O)c(=O)n2C. The minimum Gasteiger partial charge on any atom is -0.481 e. The molecular weight excluding hydrogens is 376 g/mol. The monoisotopic (exact) mass is 404 g/mol. The first-order valence-corrected chi connectivity index (χ1v) is 9.76. The van der Waals surface area contributed by atoms with Crippen molar-refractivity contribution in [3.05, 3.63) is 32.5 Å². The van der Waals surface area contributed by atoms with Crippen LogP contribution in [0.2, 0.25) is 0 Å². The Bertz CT molecular complexity index is 1070. The van der Waals surface area contributed by atoms with E-state index in [0.29, 0.717) is 30.2 Å². The van der Waals surface area contributed by atoms with E-state index in [0.717, 1.165) is 29.5 Å². The van der Waals surface area contributed by atoms with Crippen molar-refractivity contribution in [1.82, 2.24) is 18.7 Å². The van der Waals surface area contributed by atoms with Crippen LogP contribution in [0.5, 0.6) is 0 Å². The quantitative estimate of drug-likeness (QED) is 0.661. The minimum atomic E-state index is -1.07. The van der Waals surface area contributed by atoms with Crippen LogP contribution in [-0.2, 0) is 24.9 Å². The molecule has 2 aromatic heterocycles. The number of carboxylic acids is 1. The number of anilines is 1. The predicted octanol–water partition coefficient (Wildman–Crippen LogP) is 0.265. The van der Waals surface area contributed by atoms with Gasteiger partial charge in [0.2, 0.25) is 5.95 Å². The van der Waals surface area contributed by atoms with Gasteiger partial charge in [0.25, 0.3) is 5.56 Å². The number of piperidine rings is 1. The van der Waals surface area contributed by atoms with E-state index in [4.69, 9.17) is 10.8 Å². The molecule has 10 nitrogen and oxygen atoms in total. The third-order valence-electron chi connectivity index (χ3n) is 5.18. The first-order chi connectivity index (χ1) is 13.7. The van der Waals surface area contributed by atoms with Crippen LogP contribution in [0.25, 0.3) is 11.2 Å². The third-order valence-corrected chi connectivity index (χ3v) is 5.18. The molecule has 10 heteroatoms. The number of hydrogen-bond acceptors (Lipinski definition) is 6. The van der Waals surface area contributed by atoms with E-state index in [2.05, 4.69) is 9.88 Å². The summed E-state index contributed by atoms with van der Waals surface area (Å²) < 4.78 is 4.09. The van der Waals surface area contributed by atoms with Crippen LogP contribution in [0.3, 0.4) is 0 Å². The fourth-order valence-corrected chi connectivity index (χ4v) is 3.64. The van der Waals surface area contributed by atoms with Gasteiger partial charge in [-0.1, -0.05) is 11.6 Å². The van der Waals surface area contributed by atoms with Crippen LogP contribution in [0.15, 0.2) is 21.2 Å². The lowest BCUT2D eigenvalue weighted by atomic mass is 10.1. The van der Waals surface area contributed by atoms with Crippen molar-refractivity contribution in [2.45, 2.75) is 52.2 Å². The summed E-state index contributed by atoms with van der Waals surface area (Å²) in [7, 11) is 1.55. The maximum absolute atomic E-state index is 13.2. The molecule has 0 bridgehead atoms. The van der Waals surface area contributed by atoms with Crippen LogP contribution >= 0.6 is 0 Å². The van der Waals surface area contributed by atoms with Gasteiger partial charge in [0.1, 0.15) is 0 Å². The number of hydrogen-bond donors (Lipinski definition) is 2. The molecule has 0 unspecified atom stereocenters. The molecule has 158 valence electrons. The highest BCUT2D eigenvalue weighted by atomic mass is 16.4. The number of nitrogens with zero attached hydrogens (tertiary/aromatic N) is 5. The average molecular weight is 404 g/mol. The zero-order valence-electron chi connectivity index (χ0n) is 17.1. The Hall–Kier alpha value is -2.88. The molecule has 3 N–H and O–H groups in total. The van der Waals surface area contributed by atoms with Crippen molar-refractivity contribution in [3.8, 4) is 0 Å². The molecule has 3 rings (SSSR count). The number of carbonyl (C=O) groups is 1. The second-order valence-corrected chi connectivity index (χ2v) is 7.77. The average Bonchev–Trinajstić information content (AvgIpc) is 3.04. The van der Waals surface area contributed by atoms with E-state index < -0.39 is 17.2 Å². The standard InChI is InChI=1S/C19H28N6O4/c1-12(2)6-9-24-15-16(21-18(24)23-8-4-5-13(20)11-23)22(3)19(29)25(17(15)28)10-7-14(26)27/h6,13H,4-5,7-11,20H2,1-3H3,(H,26,27)/t13-/m0/s1. The first-order valence-electron chi connectivity index (χ1n) is 9.76. The number of aliphatic carboxylic acids is 1. The molecule has 1 saturated heterocycles. The molecule has 0 aliphatic carbocycles. The molecule has 29 heavy (non-hydrogen) atoms. The first kappa shape index (κ1) is 20.8. The van der Waals surface area contributed by atoms with Gasteiger partial charge in [0, 0.05) is 39.3 Å². The lowest BCUT2D eigenvalue weighted by Crippen LogP contribution is -2.44. The fourth-order valence-electron chi connectivity index (χ4n) is 3.64. The molecule has 0 radical (unpaired) electrons. The van der Waals surface area contributed by atoms with Crippen LogP contribution in [0.4, 0.5) is 5.95 Å². The van der Waals surface area contributed by atoms with Gasteiger partial charge in [-0.05, 0) is 26.7 Å². The number of aromatic nitrogens is 4. The number of nitrogens with two attached hydrogens (primary N) is 1. The van der Waals surface area contributed by atoms with E-state index in [1.807, 2.05) is 19.9 Å². The van der Waals surface area contributed by atoms with Crippen LogP contribution in [0, 0.1) is 0 Å². The van der Waals surface area contributed by atoms with Crippen molar-refractivity contribution < 1.29 is 9.90 Å². The highest BCUT2D eigenvalue weighted by Gasteiger charge is 2.26. The molecule has 1 aliphatic rings. The largest absolute Gasteiger partial charge is 0.481 e. The van der Waals surface area contributed by atoms with Gasteiger partial charge in [0.05, 0.1) is 6.42 Å². The van der Waals surface area contributed by atoms with Gasteiger partial charge >= 0.3 is 11.7 Å². The summed E-state index contributed by atoms with van der Waals surface area (Å²) >= 11 is 0. The number of imidazole rings is 1. The Kier molecular flexibility index (Phi) is 5.92. The van der Waals surface area contributed by atoms with Crippen LogP contribution in [0.1, 0.15) is 33.1 Å². The van der Waals surface area contributed by atoms with E-state index in [9.17, 15) is 14.4 Å². The van der Waals surface area contributed by atoms with Crippen molar-refractivity contribution in [3.63, 3.8) is 0 Å². The molecule has 1 aliphatic heterocycles. The predicted molar refractivity (Wildman–Crippen MR) is 110 cm³/mol. The van der Waals surface area contributed by atoms with Gasteiger partial charge in [-0.25, -0.2) is 4.79 Å². The second-order valence-electron chi connectivity index (χ2n) is 7.77. The zero-order chi connectivity index (χ0) is 21.3. The number of aryl methyl sites for hydroxylation is 1. The summed E-state index contributed by atoms with van der Waals surface area (Å²) in [6.07, 6.45) is 3.54. The Morgan fingerprint density at radius 3 is 2.66 bits per heavy atom. The Morgan fingerprint density at radius 2 is 2.03 bits per heavy atom. The molecule has 0 spiro atoms. The number of allylic oxidation sites excluding steroid dienone is 2. The summed E-state index contributed by atoms with van der Waals surface area (Å²) in [6.45, 7) is 5.57. The smallest absolute Gasteiger partial charge is 0.332 e. The van der Waals surface area contributed by atoms with Gasteiger partial charge in [-0.15, -0.1) is 0 Å². The van der Waals surface area contributed by atoms with Crippen molar-refractivity contribution in [2.75, 3.05) is 18.0 Å². The van der Waals surface area contributed by atoms with Crippen LogP contribution < -0.4 is 21.9 Å². The summed E-state index contributed by atoms with van der Waals surface area (Å²) in [5.74, 6) is -0.462. The Morgan fingerprint density at radius 1 is 1.31 bits per heavy atom. The summed E-state index contributed by atoms with van der Waals surface area (Å²) in [6, 6.07) is 0.0245. The summed E-state index contributed by atoms with van der Waals surface area (Å²) in [4.78, 5) is 43.5. The van der Waals surface area contributed by atoms with Crippen molar-refractivity contribution >= 4 is 23.1 Å². The van der Waals surface area contributed by atoms with E-state index in [1.165, 1.54) is 4.57 Å². The van der Waals surface area contributed by atoms with E-state index >= 15 is 0 Å². The highest BCUT2D eigenvalue weighted by molar-refractivity contribution is 5.75. The molecule has 1 fully saturated rings. The van der Waals surface area contributed by atoms with Crippen molar-refractivity contribution in [1.29, 1.82) is 0 Å². The van der Waals surface area contributed by atoms with Crippen LogP contribution in [-0.4, -0.2) is 48.9 Å². The Labute approximate surface area is 167 Å². The van der Waals surface area contributed by atoms with Crippen molar-refractivity contribution in [2.24, 2.45) is 12.8 Å². The lowest BCUT2D eigenvalue weighted by Gasteiger charge is -2.31. The number of carboxylic acid groups (broad SMARTS) is 1. The Balaban J connectivity index is 2.25. The molecule has 0 aromatic carbocycles. The number of fused-ring (bicyclic) bond motifs is 1. The maximum atomic E-state index is 13.2. The topological polar surface area (TPSA) is 128 Å². The van der Waals surface area contributed by atoms with E-state index in [1.54, 1.807) is 11.6 Å². The summed E-state index contributed by atoms with van der Waals surface area (Å²) in [5.41, 5.74) is 6.72. The molecule has 2 aromatic rings.